The second-order valence-corrected chi connectivity index (χ2v) is 11.1. The topological polar surface area (TPSA) is 44.7 Å². The minimum atomic E-state index is -0.121. The fourth-order valence-corrected chi connectivity index (χ4v) is 5.98. The Balaban J connectivity index is 1.64. The molecule has 1 unspecified atom stereocenters. The van der Waals surface area contributed by atoms with Crippen LogP contribution < -0.4 is 10.2 Å². The van der Waals surface area contributed by atoms with Crippen LogP contribution in [-0.2, 0) is 4.79 Å². The molecule has 2 heterocycles. The number of carbonyl (C=O) groups is 1. The summed E-state index contributed by atoms with van der Waals surface area (Å²) in [6.45, 7) is 13.4. The second-order valence-electron chi connectivity index (χ2n) is 9.61. The maximum atomic E-state index is 12.6. The Morgan fingerprint density at radius 1 is 1.25 bits per heavy atom. The van der Waals surface area contributed by atoms with Crippen molar-refractivity contribution in [1.82, 2.24) is 5.32 Å². The molecule has 6 heteroatoms. The van der Waals surface area contributed by atoms with E-state index >= 15 is 0 Å². The monoisotopic (exact) mass is 467 g/mol. The maximum Gasteiger partial charge on any atom is 0.264 e. The summed E-state index contributed by atoms with van der Waals surface area (Å²) in [6.07, 6.45) is 3.06. The number of carbonyl (C=O) groups excluding carboxylic acids is 1. The average molecular weight is 468 g/mol. The van der Waals surface area contributed by atoms with Crippen molar-refractivity contribution < 1.29 is 4.79 Å². The predicted octanol–water partition coefficient (Wildman–Crippen LogP) is 7.04. The highest BCUT2D eigenvalue weighted by Gasteiger charge is 2.37. The van der Waals surface area contributed by atoms with E-state index in [0.29, 0.717) is 27.1 Å². The fourth-order valence-electron chi connectivity index (χ4n) is 4.98. The third kappa shape index (κ3) is 4.46. The number of hydrogen-bond donors (Lipinski definition) is 1. The third-order valence-corrected chi connectivity index (χ3v) is 7.30. The molecule has 0 spiro atoms. The summed E-state index contributed by atoms with van der Waals surface area (Å²) < 4.78 is 0. The number of nitrogens with one attached hydrogen (secondary N) is 1. The molecule has 4 nitrogen and oxygen atoms in total. The Kier molecular flexibility index (Phi) is 6.17. The van der Waals surface area contributed by atoms with Crippen LogP contribution in [0.5, 0.6) is 0 Å². The summed E-state index contributed by atoms with van der Waals surface area (Å²) in [4.78, 5) is 20.4. The van der Waals surface area contributed by atoms with Crippen molar-refractivity contribution in [2.45, 2.75) is 65.5 Å². The quantitative estimate of drug-likeness (QED) is 0.492. The van der Waals surface area contributed by atoms with Crippen molar-refractivity contribution in [2.75, 3.05) is 4.90 Å². The number of aliphatic imine (C=N–C) groups is 1. The summed E-state index contributed by atoms with van der Waals surface area (Å²) in [5.41, 5.74) is 5.58. The van der Waals surface area contributed by atoms with Gasteiger partial charge >= 0.3 is 0 Å². The lowest BCUT2D eigenvalue weighted by Gasteiger charge is -2.50. The lowest BCUT2D eigenvalue weighted by atomic mass is 9.79. The van der Waals surface area contributed by atoms with Crippen molar-refractivity contribution in [3.05, 3.63) is 63.0 Å². The summed E-state index contributed by atoms with van der Waals surface area (Å²) in [5, 5.41) is 4.08. The zero-order valence-electron chi connectivity index (χ0n) is 19.5. The molecule has 2 aliphatic heterocycles. The number of hydrogen-bond acceptors (Lipinski definition) is 4. The van der Waals surface area contributed by atoms with Gasteiger partial charge < -0.3 is 10.2 Å². The molecule has 168 valence electrons. The molecule has 0 saturated carbocycles. The molecule has 1 saturated heterocycles. The largest absolute Gasteiger partial charge is 0.364 e. The van der Waals surface area contributed by atoms with Gasteiger partial charge in [-0.15, -0.1) is 0 Å². The molecule has 2 aromatic rings. The Bertz CT molecular complexity index is 1140. The molecule has 0 bridgehead atoms. The lowest BCUT2D eigenvalue weighted by Crippen LogP contribution is -2.51. The molecule has 1 fully saturated rings. The molecule has 32 heavy (non-hydrogen) atoms. The van der Waals surface area contributed by atoms with Gasteiger partial charge in [0.1, 0.15) is 0 Å². The van der Waals surface area contributed by atoms with Crippen LogP contribution in [0.3, 0.4) is 0 Å². The van der Waals surface area contributed by atoms with Gasteiger partial charge in [-0.1, -0.05) is 30.7 Å². The van der Waals surface area contributed by atoms with Crippen LogP contribution >= 0.6 is 23.4 Å². The van der Waals surface area contributed by atoms with Crippen LogP contribution in [-0.4, -0.2) is 22.7 Å². The molecular weight excluding hydrogens is 438 g/mol. The normalized spacial score (nSPS) is 22.6. The number of benzene rings is 2. The number of nitrogens with zero attached hydrogens (tertiary/aromatic N) is 2. The van der Waals surface area contributed by atoms with Crippen LogP contribution in [0.4, 0.5) is 11.4 Å². The van der Waals surface area contributed by atoms with Crippen LogP contribution in [0.2, 0.25) is 5.02 Å². The van der Waals surface area contributed by atoms with E-state index in [9.17, 15) is 4.79 Å². The molecule has 0 radical (unpaired) electrons. The first-order valence-corrected chi connectivity index (χ1v) is 12.2. The molecule has 2 aromatic carbocycles. The number of amides is 1. The smallest absolute Gasteiger partial charge is 0.264 e. The predicted molar refractivity (Wildman–Crippen MR) is 138 cm³/mol. The Labute approximate surface area is 200 Å². The zero-order valence-corrected chi connectivity index (χ0v) is 21.1. The first-order valence-electron chi connectivity index (χ1n) is 11.0. The number of anilines is 1. The molecule has 1 atom stereocenters. The molecule has 0 aliphatic carbocycles. The number of halogens is 1. The van der Waals surface area contributed by atoms with Crippen LogP contribution in [0.15, 0.2) is 46.3 Å². The highest BCUT2D eigenvalue weighted by molar-refractivity contribution is 8.18. The summed E-state index contributed by atoms with van der Waals surface area (Å²) in [5.74, 6) is 0.338. The van der Waals surface area contributed by atoms with Crippen molar-refractivity contribution in [3.8, 4) is 0 Å². The highest BCUT2D eigenvalue weighted by atomic mass is 35.5. The third-order valence-electron chi connectivity index (χ3n) is 6.16. The first-order chi connectivity index (χ1) is 15.0. The Morgan fingerprint density at radius 3 is 2.72 bits per heavy atom. The van der Waals surface area contributed by atoms with Crippen molar-refractivity contribution in [3.63, 3.8) is 0 Å². The van der Waals surface area contributed by atoms with Crippen LogP contribution in [0.1, 0.15) is 63.6 Å². The maximum absolute atomic E-state index is 12.6. The van der Waals surface area contributed by atoms with Crippen molar-refractivity contribution >= 4 is 51.9 Å². The Morgan fingerprint density at radius 2 is 2.00 bits per heavy atom. The van der Waals surface area contributed by atoms with E-state index in [1.807, 2.05) is 31.2 Å². The van der Waals surface area contributed by atoms with Gasteiger partial charge in [-0.2, -0.15) is 0 Å². The number of thioether (sulfide) groups is 1. The second kappa shape index (κ2) is 8.60. The SMILES string of the molecule is Cc1ccc(Cl)cc1N=C1NC(=O)/C(=C/c2ccc3c(c2)C(C)CC(C)(C)N3C(C)C)S1. The molecule has 0 aromatic heterocycles. The fraction of sp³-hybridized carbons (Fsp3) is 0.385. The molecular formula is C26H30ClN3OS. The molecule has 1 N–H and O–H groups in total. The highest BCUT2D eigenvalue weighted by Crippen LogP contribution is 2.45. The molecule has 1 amide bonds. The zero-order chi connectivity index (χ0) is 23.2. The summed E-state index contributed by atoms with van der Waals surface area (Å²) >= 11 is 7.47. The van der Waals surface area contributed by atoms with E-state index in [4.69, 9.17) is 11.6 Å². The van der Waals surface area contributed by atoms with E-state index in [1.54, 1.807) is 0 Å². The van der Waals surface area contributed by atoms with Gasteiger partial charge in [0.15, 0.2) is 5.17 Å². The average Bonchev–Trinajstić information content (AvgIpc) is 3.03. The van der Waals surface area contributed by atoms with Gasteiger partial charge in [0.25, 0.3) is 5.91 Å². The van der Waals surface area contributed by atoms with Gasteiger partial charge in [-0.05, 0) is 106 Å². The van der Waals surface area contributed by atoms with Crippen LogP contribution in [0, 0.1) is 6.92 Å². The lowest BCUT2D eigenvalue weighted by molar-refractivity contribution is -0.115. The van der Waals surface area contributed by atoms with E-state index in [1.165, 1.54) is 23.0 Å². The number of amidine groups is 1. The van der Waals surface area contributed by atoms with E-state index in [2.05, 4.69) is 68.0 Å². The summed E-state index contributed by atoms with van der Waals surface area (Å²) in [7, 11) is 0. The van der Waals surface area contributed by atoms with E-state index in [0.717, 1.165) is 23.2 Å². The van der Waals surface area contributed by atoms with Gasteiger partial charge in [0, 0.05) is 22.3 Å². The standard InChI is InChI=1S/C26H30ClN3OS/c1-15(2)30-22-10-8-18(11-20(22)17(4)14-26(30,5)6)12-23-24(31)29-25(32-23)28-21-13-19(27)9-7-16(21)3/h7-13,15,17H,14H2,1-6H3,(H,28,29,31)/b23-12-. The van der Waals surface area contributed by atoms with Gasteiger partial charge in [0.2, 0.25) is 0 Å². The Hall–Kier alpha value is -2.24. The molecule has 2 aliphatic rings. The van der Waals surface area contributed by atoms with Crippen molar-refractivity contribution in [2.24, 2.45) is 4.99 Å². The summed E-state index contributed by atoms with van der Waals surface area (Å²) in [6, 6.07) is 12.6. The minimum Gasteiger partial charge on any atom is -0.364 e. The van der Waals surface area contributed by atoms with Gasteiger partial charge in [-0.3, -0.25) is 4.79 Å². The minimum absolute atomic E-state index is 0.117. The number of aryl methyl sites for hydroxylation is 1. The molecule has 4 rings (SSSR count). The van der Waals surface area contributed by atoms with Gasteiger partial charge in [0.05, 0.1) is 10.6 Å². The number of rotatable bonds is 3. The van der Waals surface area contributed by atoms with E-state index in [-0.39, 0.29) is 11.4 Å². The van der Waals surface area contributed by atoms with Crippen molar-refractivity contribution in [1.29, 1.82) is 0 Å². The van der Waals surface area contributed by atoms with E-state index < -0.39 is 0 Å². The first kappa shape index (κ1) is 22.9. The van der Waals surface area contributed by atoms with Gasteiger partial charge in [-0.25, -0.2) is 4.99 Å². The van der Waals surface area contributed by atoms with Crippen LogP contribution in [0.25, 0.3) is 6.08 Å². The number of fused-ring (bicyclic) bond motifs is 1.